The molecule has 1 fully saturated rings. The van der Waals surface area contributed by atoms with Gasteiger partial charge in [-0.15, -0.1) is 0 Å². The molecule has 196 valence electrons. The summed E-state index contributed by atoms with van der Waals surface area (Å²) < 4.78 is 2.22. The quantitative estimate of drug-likeness (QED) is 0.273. The van der Waals surface area contributed by atoms with Crippen LogP contribution in [-0.2, 0) is 6.54 Å². The Kier molecular flexibility index (Phi) is 8.26. The van der Waals surface area contributed by atoms with Gasteiger partial charge in [-0.05, 0) is 61.7 Å². The fraction of sp³-hybridized carbons (Fsp3) is 0.312. The summed E-state index contributed by atoms with van der Waals surface area (Å²) in [5.74, 6) is 1.12. The maximum absolute atomic E-state index is 14.2. The van der Waals surface area contributed by atoms with Gasteiger partial charge in [-0.3, -0.25) is 4.79 Å². The van der Waals surface area contributed by atoms with Crippen LogP contribution in [0.1, 0.15) is 54.5 Å². The summed E-state index contributed by atoms with van der Waals surface area (Å²) in [6.45, 7) is 6.86. The Balaban J connectivity index is 1.64. The number of nitrogens with one attached hydrogen (secondary N) is 1. The highest BCUT2D eigenvalue weighted by Gasteiger charge is 2.37. The highest BCUT2D eigenvalue weighted by atomic mass is 35.5. The van der Waals surface area contributed by atoms with E-state index in [-0.39, 0.29) is 23.9 Å². The Hall–Kier alpha value is -3.41. The zero-order valence-corrected chi connectivity index (χ0v) is 22.8. The summed E-state index contributed by atoms with van der Waals surface area (Å²) in [6.07, 6.45) is 3.95. The number of nitrogens with zero attached hydrogens (tertiary/aromatic N) is 3. The van der Waals surface area contributed by atoms with E-state index in [0.29, 0.717) is 17.1 Å². The maximum atomic E-state index is 14.2. The Morgan fingerprint density at radius 2 is 1.68 bits per heavy atom. The van der Waals surface area contributed by atoms with Crippen molar-refractivity contribution in [3.63, 3.8) is 0 Å². The van der Waals surface area contributed by atoms with Crippen molar-refractivity contribution in [1.29, 1.82) is 0 Å². The summed E-state index contributed by atoms with van der Waals surface area (Å²) in [7, 11) is 0. The molecule has 5 nitrogen and oxygen atoms in total. The van der Waals surface area contributed by atoms with Crippen molar-refractivity contribution in [2.45, 2.75) is 45.3 Å². The highest BCUT2D eigenvalue weighted by molar-refractivity contribution is 6.30. The maximum Gasteiger partial charge on any atom is 0.254 e. The second-order valence-corrected chi connectivity index (χ2v) is 10.8. The van der Waals surface area contributed by atoms with Crippen LogP contribution >= 0.6 is 11.6 Å². The van der Waals surface area contributed by atoms with Crippen LogP contribution in [0.5, 0.6) is 0 Å². The number of aromatic nitrogens is 2. The molecular formula is C32H35ClN4O. The molecule has 2 heterocycles. The molecule has 1 amide bonds. The largest absolute Gasteiger partial charge is 0.328 e. The van der Waals surface area contributed by atoms with Crippen LogP contribution in [0.4, 0.5) is 0 Å². The average Bonchev–Trinajstić information content (AvgIpc) is 3.35. The van der Waals surface area contributed by atoms with Crippen molar-refractivity contribution in [3.8, 4) is 11.3 Å². The lowest BCUT2D eigenvalue weighted by atomic mass is 9.94. The van der Waals surface area contributed by atoms with E-state index in [2.05, 4.69) is 59.1 Å². The van der Waals surface area contributed by atoms with E-state index in [1.165, 1.54) is 5.56 Å². The lowest BCUT2D eigenvalue weighted by Gasteiger charge is -2.42. The number of amides is 1. The van der Waals surface area contributed by atoms with E-state index in [1.807, 2.05) is 60.7 Å². The number of piperidine rings is 1. The molecule has 3 aromatic carbocycles. The van der Waals surface area contributed by atoms with Crippen LogP contribution in [0.15, 0.2) is 91.1 Å². The summed E-state index contributed by atoms with van der Waals surface area (Å²) >= 11 is 6.35. The third-order valence-electron chi connectivity index (χ3n) is 7.28. The molecule has 1 aliphatic rings. The number of halogens is 1. The van der Waals surface area contributed by atoms with Gasteiger partial charge in [0.15, 0.2) is 0 Å². The number of carbonyl (C=O) groups is 1. The van der Waals surface area contributed by atoms with Gasteiger partial charge in [-0.1, -0.05) is 86.1 Å². The van der Waals surface area contributed by atoms with Crippen molar-refractivity contribution in [1.82, 2.24) is 19.8 Å². The standard InChI is InChI=1S/C32H35ClN4O/c1-23(2)30(37(28-16-18-34-19-17-28)32(38)25-12-7-4-8-13-25)31-35-29(26-14-9-15-27(33)20-26)22-36(31)21-24-10-5-3-6-11-24/h3-15,20,22-23,28,30,34H,16-19,21H2,1-2H3/t30-/m1/s1. The fourth-order valence-electron chi connectivity index (χ4n) is 5.44. The molecule has 1 aliphatic heterocycles. The number of imidazole rings is 1. The van der Waals surface area contributed by atoms with Gasteiger partial charge in [-0.2, -0.15) is 0 Å². The molecule has 0 radical (unpaired) electrons. The summed E-state index contributed by atoms with van der Waals surface area (Å²) in [5.41, 5.74) is 3.74. The van der Waals surface area contributed by atoms with E-state index >= 15 is 0 Å². The molecule has 6 heteroatoms. The smallest absolute Gasteiger partial charge is 0.254 e. The van der Waals surface area contributed by atoms with Gasteiger partial charge < -0.3 is 14.8 Å². The zero-order valence-electron chi connectivity index (χ0n) is 22.1. The third-order valence-corrected chi connectivity index (χ3v) is 7.51. The predicted molar refractivity (Wildman–Crippen MR) is 154 cm³/mol. The first-order valence-corrected chi connectivity index (χ1v) is 13.8. The van der Waals surface area contributed by atoms with E-state index in [4.69, 9.17) is 16.6 Å². The molecule has 1 atom stereocenters. The molecule has 0 bridgehead atoms. The van der Waals surface area contributed by atoms with Crippen molar-refractivity contribution >= 4 is 17.5 Å². The molecule has 0 spiro atoms. The summed E-state index contributed by atoms with van der Waals surface area (Å²) in [6, 6.07) is 27.8. The minimum absolute atomic E-state index is 0.0646. The zero-order chi connectivity index (χ0) is 26.5. The highest BCUT2D eigenvalue weighted by Crippen LogP contribution is 2.36. The third kappa shape index (κ3) is 5.85. The second kappa shape index (κ2) is 12.0. The van der Waals surface area contributed by atoms with Crippen LogP contribution in [0.3, 0.4) is 0 Å². The molecule has 1 aromatic heterocycles. The number of hydrogen-bond acceptors (Lipinski definition) is 3. The first-order chi connectivity index (χ1) is 18.5. The normalized spacial score (nSPS) is 14.9. The molecule has 4 aromatic rings. The van der Waals surface area contributed by atoms with E-state index in [0.717, 1.165) is 43.0 Å². The van der Waals surface area contributed by atoms with Gasteiger partial charge in [0.05, 0.1) is 11.7 Å². The molecule has 1 N–H and O–H groups in total. The van der Waals surface area contributed by atoms with Crippen molar-refractivity contribution in [2.75, 3.05) is 13.1 Å². The number of rotatable bonds is 8. The van der Waals surface area contributed by atoms with E-state index in [1.54, 1.807) is 0 Å². The molecular weight excluding hydrogens is 492 g/mol. The fourth-order valence-corrected chi connectivity index (χ4v) is 5.63. The average molecular weight is 527 g/mol. The molecule has 0 aliphatic carbocycles. The van der Waals surface area contributed by atoms with Gasteiger partial charge >= 0.3 is 0 Å². The molecule has 38 heavy (non-hydrogen) atoms. The minimum Gasteiger partial charge on any atom is -0.328 e. The van der Waals surface area contributed by atoms with Crippen LogP contribution in [-0.4, -0.2) is 39.5 Å². The SMILES string of the molecule is CC(C)[C@H](c1nc(-c2cccc(Cl)c2)cn1Cc1ccccc1)N(C(=O)c1ccccc1)C1CCNCC1. The van der Waals surface area contributed by atoms with Gasteiger partial charge in [0.25, 0.3) is 5.91 Å². The first kappa shape index (κ1) is 26.2. The summed E-state index contributed by atoms with van der Waals surface area (Å²) in [4.78, 5) is 21.6. The lowest BCUT2D eigenvalue weighted by molar-refractivity contribution is 0.0419. The van der Waals surface area contributed by atoms with Crippen LogP contribution in [0.25, 0.3) is 11.3 Å². The Bertz CT molecular complexity index is 1350. The molecule has 1 saturated heterocycles. The van der Waals surface area contributed by atoms with Crippen LogP contribution < -0.4 is 5.32 Å². The van der Waals surface area contributed by atoms with Crippen molar-refractivity contribution < 1.29 is 4.79 Å². The lowest BCUT2D eigenvalue weighted by Crippen LogP contribution is -2.49. The van der Waals surface area contributed by atoms with Gasteiger partial charge in [0.2, 0.25) is 0 Å². The van der Waals surface area contributed by atoms with Gasteiger partial charge in [-0.25, -0.2) is 4.98 Å². The van der Waals surface area contributed by atoms with Crippen molar-refractivity contribution in [3.05, 3.63) is 113 Å². The number of carbonyl (C=O) groups excluding carboxylic acids is 1. The van der Waals surface area contributed by atoms with Crippen LogP contribution in [0.2, 0.25) is 5.02 Å². The van der Waals surface area contributed by atoms with Gasteiger partial charge in [0, 0.05) is 34.9 Å². The molecule has 5 rings (SSSR count). The minimum atomic E-state index is -0.192. The Morgan fingerprint density at radius 3 is 2.34 bits per heavy atom. The summed E-state index contributed by atoms with van der Waals surface area (Å²) in [5, 5.41) is 4.14. The molecule has 0 saturated carbocycles. The van der Waals surface area contributed by atoms with Crippen molar-refractivity contribution in [2.24, 2.45) is 5.92 Å². The second-order valence-electron chi connectivity index (χ2n) is 10.4. The molecule has 0 unspecified atom stereocenters. The predicted octanol–water partition coefficient (Wildman–Crippen LogP) is 6.84. The topological polar surface area (TPSA) is 50.2 Å². The van der Waals surface area contributed by atoms with E-state index in [9.17, 15) is 4.79 Å². The van der Waals surface area contributed by atoms with E-state index < -0.39 is 0 Å². The first-order valence-electron chi connectivity index (χ1n) is 13.5. The number of hydrogen-bond donors (Lipinski definition) is 1. The monoisotopic (exact) mass is 526 g/mol. The Labute approximate surface area is 230 Å². The Morgan fingerprint density at radius 1 is 1.00 bits per heavy atom. The van der Waals surface area contributed by atoms with Crippen LogP contribution in [0, 0.1) is 5.92 Å². The van der Waals surface area contributed by atoms with Gasteiger partial charge in [0.1, 0.15) is 5.82 Å². The number of benzene rings is 3.